The molecule has 7 nitrogen and oxygen atoms in total. The van der Waals surface area contributed by atoms with Crippen LogP contribution in [0.5, 0.6) is 11.5 Å². The first kappa shape index (κ1) is 19.0. The van der Waals surface area contributed by atoms with E-state index in [2.05, 4.69) is 15.5 Å². The van der Waals surface area contributed by atoms with Crippen LogP contribution in [0.15, 0.2) is 41.2 Å². The van der Waals surface area contributed by atoms with Crippen molar-refractivity contribution in [1.82, 2.24) is 15.5 Å². The molecule has 0 spiro atoms. The lowest BCUT2D eigenvalue weighted by atomic mass is 10.1. The van der Waals surface area contributed by atoms with Gasteiger partial charge in [-0.1, -0.05) is 18.2 Å². The van der Waals surface area contributed by atoms with Crippen LogP contribution in [-0.4, -0.2) is 28.8 Å². The first-order valence-corrected chi connectivity index (χ1v) is 9.73. The van der Waals surface area contributed by atoms with Crippen LogP contribution in [0.4, 0.5) is 0 Å². The number of hydrogen-bond acceptors (Lipinski definition) is 5. The molecule has 1 aliphatic rings. The highest BCUT2D eigenvalue weighted by Crippen LogP contribution is 2.35. The van der Waals surface area contributed by atoms with E-state index in [4.69, 9.17) is 9.47 Å². The summed E-state index contributed by atoms with van der Waals surface area (Å²) in [6.45, 7) is 4.83. The molecule has 1 amide bonds. The van der Waals surface area contributed by atoms with Crippen LogP contribution in [0.3, 0.4) is 0 Å². The Bertz CT molecular complexity index is 1120. The second kappa shape index (κ2) is 7.95. The van der Waals surface area contributed by atoms with Crippen LogP contribution in [0, 0.1) is 0 Å². The number of aromatic amines is 1. The molecule has 2 N–H and O–H groups in total. The predicted molar refractivity (Wildman–Crippen MR) is 109 cm³/mol. The molecule has 4 rings (SSSR count). The Hall–Kier alpha value is -3.35. The highest BCUT2D eigenvalue weighted by molar-refractivity contribution is 5.88. The molecule has 0 fully saturated rings. The van der Waals surface area contributed by atoms with Gasteiger partial charge in [0.2, 0.25) is 5.91 Å². The SMILES string of the molecule is CCOc1cc2c(cc1CNC(=O)Cc1n[nH]c(=O)c3ccccc13)OC(C)C2. The Morgan fingerprint density at radius 1 is 1.31 bits per heavy atom. The number of carbonyl (C=O) groups is 1. The number of hydrogen-bond donors (Lipinski definition) is 2. The molecular formula is C22H23N3O4. The summed E-state index contributed by atoms with van der Waals surface area (Å²) in [6.07, 6.45) is 1.07. The highest BCUT2D eigenvalue weighted by Gasteiger charge is 2.22. The van der Waals surface area contributed by atoms with Crippen molar-refractivity contribution in [2.75, 3.05) is 6.61 Å². The average molecular weight is 393 g/mol. The minimum absolute atomic E-state index is 0.0692. The van der Waals surface area contributed by atoms with Crippen molar-refractivity contribution in [2.45, 2.75) is 39.3 Å². The maximum Gasteiger partial charge on any atom is 0.272 e. The van der Waals surface area contributed by atoms with Crippen molar-refractivity contribution >= 4 is 16.7 Å². The number of amides is 1. The summed E-state index contributed by atoms with van der Waals surface area (Å²) in [6, 6.07) is 11.1. The molecule has 0 saturated heterocycles. The van der Waals surface area contributed by atoms with E-state index in [0.29, 0.717) is 29.6 Å². The maximum absolute atomic E-state index is 12.6. The summed E-state index contributed by atoms with van der Waals surface area (Å²) >= 11 is 0. The normalized spacial score (nSPS) is 15.0. The summed E-state index contributed by atoms with van der Waals surface area (Å²) in [4.78, 5) is 24.5. The molecule has 0 saturated carbocycles. The van der Waals surface area contributed by atoms with Gasteiger partial charge in [-0.3, -0.25) is 9.59 Å². The average Bonchev–Trinajstić information content (AvgIpc) is 3.07. The first-order valence-electron chi connectivity index (χ1n) is 9.73. The topological polar surface area (TPSA) is 93.3 Å². The predicted octanol–water partition coefficient (Wildman–Crippen LogP) is 2.50. The number of H-pyrrole nitrogens is 1. The Balaban J connectivity index is 1.50. The fourth-order valence-corrected chi connectivity index (χ4v) is 3.62. The van der Waals surface area contributed by atoms with Crippen molar-refractivity contribution in [1.29, 1.82) is 0 Å². The van der Waals surface area contributed by atoms with E-state index < -0.39 is 0 Å². The first-order chi connectivity index (χ1) is 14.0. The highest BCUT2D eigenvalue weighted by atomic mass is 16.5. The number of nitrogens with one attached hydrogen (secondary N) is 2. The second-order valence-electron chi connectivity index (χ2n) is 7.13. The van der Waals surface area contributed by atoms with Gasteiger partial charge in [-0.2, -0.15) is 5.10 Å². The Morgan fingerprint density at radius 2 is 2.10 bits per heavy atom. The Morgan fingerprint density at radius 3 is 2.90 bits per heavy atom. The minimum Gasteiger partial charge on any atom is -0.494 e. The molecule has 150 valence electrons. The maximum atomic E-state index is 12.6. The number of rotatable bonds is 6. The van der Waals surface area contributed by atoms with Crippen molar-refractivity contribution in [3.63, 3.8) is 0 Å². The zero-order valence-electron chi connectivity index (χ0n) is 16.5. The molecule has 3 aromatic rings. The molecule has 29 heavy (non-hydrogen) atoms. The fraction of sp³-hybridized carbons (Fsp3) is 0.318. The molecular weight excluding hydrogens is 370 g/mol. The van der Waals surface area contributed by atoms with E-state index in [1.54, 1.807) is 18.2 Å². The zero-order valence-corrected chi connectivity index (χ0v) is 16.5. The van der Waals surface area contributed by atoms with Crippen molar-refractivity contribution in [3.8, 4) is 11.5 Å². The molecule has 7 heteroatoms. The summed E-state index contributed by atoms with van der Waals surface area (Å²) in [7, 11) is 0. The standard InChI is InChI=1S/C22H23N3O4/c1-3-28-19-9-14-8-13(2)29-20(14)10-15(19)12-23-21(26)11-18-16-6-4-5-7-17(16)22(27)25-24-18/h4-7,9-10,13H,3,8,11-12H2,1-2H3,(H,23,26)(H,25,27). The van der Waals surface area contributed by atoms with E-state index in [1.165, 1.54) is 0 Å². The molecule has 0 aliphatic carbocycles. The van der Waals surface area contributed by atoms with Gasteiger partial charge in [0, 0.05) is 29.5 Å². The monoisotopic (exact) mass is 393 g/mol. The van der Waals surface area contributed by atoms with Crippen LogP contribution < -0.4 is 20.3 Å². The summed E-state index contributed by atoms with van der Waals surface area (Å²) in [5.74, 6) is 1.42. The number of aromatic nitrogens is 2. The molecule has 2 heterocycles. The Kier molecular flexibility index (Phi) is 5.20. The fourth-order valence-electron chi connectivity index (χ4n) is 3.62. The number of fused-ring (bicyclic) bond motifs is 2. The summed E-state index contributed by atoms with van der Waals surface area (Å²) in [5.41, 5.74) is 2.26. The lowest BCUT2D eigenvalue weighted by Gasteiger charge is -2.13. The molecule has 1 aliphatic heterocycles. The number of ether oxygens (including phenoxy) is 2. The molecule has 2 aromatic carbocycles. The van der Waals surface area contributed by atoms with Crippen LogP contribution in [0.25, 0.3) is 10.8 Å². The lowest BCUT2D eigenvalue weighted by molar-refractivity contribution is -0.120. The van der Waals surface area contributed by atoms with Gasteiger partial charge in [-0.15, -0.1) is 0 Å². The van der Waals surface area contributed by atoms with E-state index in [9.17, 15) is 9.59 Å². The van der Waals surface area contributed by atoms with Crippen LogP contribution >= 0.6 is 0 Å². The van der Waals surface area contributed by atoms with Gasteiger partial charge in [0.15, 0.2) is 0 Å². The van der Waals surface area contributed by atoms with Crippen LogP contribution in [0.2, 0.25) is 0 Å². The van der Waals surface area contributed by atoms with Gasteiger partial charge in [0.1, 0.15) is 17.6 Å². The molecule has 1 atom stereocenters. The van der Waals surface area contributed by atoms with Crippen molar-refractivity contribution in [3.05, 3.63) is 63.6 Å². The summed E-state index contributed by atoms with van der Waals surface area (Å²) in [5, 5.41) is 10.6. The van der Waals surface area contributed by atoms with Crippen molar-refractivity contribution in [2.24, 2.45) is 0 Å². The van der Waals surface area contributed by atoms with Crippen LogP contribution in [-0.2, 0) is 24.2 Å². The number of carbonyl (C=O) groups excluding carboxylic acids is 1. The van der Waals surface area contributed by atoms with Gasteiger partial charge in [-0.05, 0) is 32.0 Å². The van der Waals surface area contributed by atoms with Crippen LogP contribution in [0.1, 0.15) is 30.7 Å². The third-order valence-electron chi connectivity index (χ3n) is 4.96. The second-order valence-corrected chi connectivity index (χ2v) is 7.13. The van der Waals surface area contributed by atoms with Gasteiger partial charge in [0.05, 0.1) is 24.1 Å². The smallest absolute Gasteiger partial charge is 0.272 e. The third-order valence-corrected chi connectivity index (χ3v) is 4.96. The van der Waals surface area contributed by atoms with Gasteiger partial charge >= 0.3 is 0 Å². The van der Waals surface area contributed by atoms with Gasteiger partial charge < -0.3 is 14.8 Å². The van der Waals surface area contributed by atoms with E-state index in [-0.39, 0.29) is 24.0 Å². The number of benzene rings is 2. The number of nitrogens with zero attached hydrogens (tertiary/aromatic N) is 1. The van der Waals surface area contributed by atoms with E-state index in [1.807, 2.05) is 32.0 Å². The largest absolute Gasteiger partial charge is 0.494 e. The van der Waals surface area contributed by atoms with E-state index in [0.717, 1.165) is 29.0 Å². The molecule has 0 radical (unpaired) electrons. The van der Waals surface area contributed by atoms with Gasteiger partial charge in [0.25, 0.3) is 5.56 Å². The van der Waals surface area contributed by atoms with Crippen molar-refractivity contribution < 1.29 is 14.3 Å². The Labute approximate surface area is 168 Å². The summed E-state index contributed by atoms with van der Waals surface area (Å²) < 4.78 is 11.6. The van der Waals surface area contributed by atoms with Gasteiger partial charge in [-0.25, -0.2) is 5.10 Å². The third kappa shape index (κ3) is 3.94. The zero-order chi connectivity index (χ0) is 20.4. The molecule has 1 aromatic heterocycles. The lowest BCUT2D eigenvalue weighted by Crippen LogP contribution is -2.26. The quantitative estimate of drug-likeness (QED) is 0.671. The van der Waals surface area contributed by atoms with E-state index >= 15 is 0 Å². The molecule has 0 bridgehead atoms. The molecule has 1 unspecified atom stereocenters. The minimum atomic E-state index is -0.265.